The first-order valence-corrected chi connectivity index (χ1v) is 10.8. The number of carbonyl (C=O) groups excluding carboxylic acids is 1. The van der Waals surface area contributed by atoms with Gasteiger partial charge in [0.2, 0.25) is 0 Å². The molecule has 1 saturated heterocycles. The fourth-order valence-electron chi connectivity index (χ4n) is 4.90. The maximum Gasteiger partial charge on any atom is 0.253 e. The van der Waals surface area contributed by atoms with Gasteiger partial charge in [-0.25, -0.2) is 0 Å². The Morgan fingerprint density at radius 2 is 1.73 bits per heavy atom. The third-order valence-electron chi connectivity index (χ3n) is 6.78. The normalized spacial score (nSPS) is 24.8. The zero-order chi connectivity index (χ0) is 21.0. The monoisotopic (exact) mass is 403 g/mol. The number of methoxy groups -OCH3 is 1. The molecule has 2 aromatic rings. The van der Waals surface area contributed by atoms with Crippen molar-refractivity contribution < 1.29 is 9.53 Å². The van der Waals surface area contributed by atoms with Crippen LogP contribution in [0.3, 0.4) is 0 Å². The van der Waals surface area contributed by atoms with Crippen LogP contribution in [0.2, 0.25) is 0 Å². The van der Waals surface area contributed by atoms with Crippen molar-refractivity contribution in [2.24, 2.45) is 0 Å². The molecule has 2 fully saturated rings. The third-order valence-corrected chi connectivity index (χ3v) is 6.78. The summed E-state index contributed by atoms with van der Waals surface area (Å²) in [5.41, 5.74) is 1.41. The predicted octanol–water partition coefficient (Wildman–Crippen LogP) is 3.86. The van der Waals surface area contributed by atoms with Gasteiger partial charge in [0, 0.05) is 37.8 Å². The lowest BCUT2D eigenvalue weighted by atomic mass is 9.69. The van der Waals surface area contributed by atoms with Crippen molar-refractivity contribution in [3.05, 3.63) is 65.7 Å². The molecule has 0 spiro atoms. The number of benzene rings is 2. The first-order valence-electron chi connectivity index (χ1n) is 10.8. The van der Waals surface area contributed by atoms with E-state index in [2.05, 4.69) is 17.0 Å². The second kappa shape index (κ2) is 8.89. The third kappa shape index (κ3) is 4.06. The predicted molar refractivity (Wildman–Crippen MR) is 116 cm³/mol. The molecule has 0 aromatic heterocycles. The van der Waals surface area contributed by atoms with Crippen molar-refractivity contribution >= 4 is 5.91 Å². The maximum absolute atomic E-state index is 12.7. The van der Waals surface area contributed by atoms with Crippen molar-refractivity contribution in [3.8, 4) is 11.8 Å². The van der Waals surface area contributed by atoms with Crippen molar-refractivity contribution in [1.29, 1.82) is 5.26 Å². The highest BCUT2D eigenvalue weighted by atomic mass is 16.5. The number of amides is 1. The van der Waals surface area contributed by atoms with E-state index in [1.807, 2.05) is 53.4 Å². The highest BCUT2D eigenvalue weighted by Gasteiger charge is 2.39. The number of carbonyl (C=O) groups is 1. The molecule has 2 aromatic carbocycles. The fraction of sp³-hybridized carbons (Fsp3) is 0.440. The molecule has 1 saturated carbocycles. The molecule has 5 nitrogen and oxygen atoms in total. The van der Waals surface area contributed by atoms with Gasteiger partial charge in [0.1, 0.15) is 5.75 Å². The summed E-state index contributed by atoms with van der Waals surface area (Å²) in [5.74, 6) is 0.934. The molecule has 0 radical (unpaired) electrons. The van der Waals surface area contributed by atoms with Crippen LogP contribution in [0.5, 0.6) is 5.75 Å². The van der Waals surface area contributed by atoms with E-state index in [4.69, 9.17) is 4.74 Å². The zero-order valence-corrected chi connectivity index (χ0v) is 17.6. The lowest BCUT2D eigenvalue weighted by molar-refractivity contribution is 0.0497. The van der Waals surface area contributed by atoms with Gasteiger partial charge < -0.3 is 9.64 Å². The minimum absolute atomic E-state index is 0.125. The number of hydrogen-bond donors (Lipinski definition) is 0. The van der Waals surface area contributed by atoms with Crippen LogP contribution in [0, 0.1) is 11.3 Å². The van der Waals surface area contributed by atoms with Crippen LogP contribution < -0.4 is 4.74 Å². The highest BCUT2D eigenvalue weighted by Crippen LogP contribution is 2.41. The smallest absolute Gasteiger partial charge is 0.253 e. The quantitative estimate of drug-likeness (QED) is 0.778. The molecule has 1 aliphatic carbocycles. The van der Waals surface area contributed by atoms with Gasteiger partial charge in [-0.15, -0.1) is 0 Å². The summed E-state index contributed by atoms with van der Waals surface area (Å²) in [6.45, 7) is 3.34. The van der Waals surface area contributed by atoms with Crippen molar-refractivity contribution in [2.75, 3.05) is 33.3 Å². The number of piperazine rings is 1. The summed E-state index contributed by atoms with van der Waals surface area (Å²) in [7, 11) is 1.66. The minimum atomic E-state index is -0.420. The van der Waals surface area contributed by atoms with Gasteiger partial charge in [0.15, 0.2) is 0 Å². The second-order valence-corrected chi connectivity index (χ2v) is 8.35. The summed E-state index contributed by atoms with van der Waals surface area (Å²) >= 11 is 0. The first-order chi connectivity index (χ1) is 14.6. The number of nitriles is 1. The van der Waals surface area contributed by atoms with Gasteiger partial charge in [0.25, 0.3) is 5.91 Å². The molecule has 156 valence electrons. The molecule has 1 aliphatic heterocycles. The van der Waals surface area contributed by atoms with E-state index in [-0.39, 0.29) is 5.91 Å². The minimum Gasteiger partial charge on any atom is -0.497 e. The Bertz CT molecular complexity index is 905. The highest BCUT2D eigenvalue weighted by molar-refractivity contribution is 5.94. The molecule has 1 amide bonds. The SMILES string of the molecule is COc1cccc(C2(C#N)CCC(N3CCN(C(=O)c4ccccc4)CC3)CC2)c1. The summed E-state index contributed by atoms with van der Waals surface area (Å²) in [6.07, 6.45) is 3.75. The van der Waals surface area contributed by atoms with Crippen LogP contribution in [-0.2, 0) is 5.41 Å². The molecule has 0 atom stereocenters. The number of hydrogen-bond acceptors (Lipinski definition) is 4. The van der Waals surface area contributed by atoms with E-state index in [1.54, 1.807) is 7.11 Å². The average Bonchev–Trinajstić information content (AvgIpc) is 2.84. The van der Waals surface area contributed by atoms with Gasteiger partial charge in [-0.05, 0) is 55.5 Å². The van der Waals surface area contributed by atoms with E-state index < -0.39 is 5.41 Å². The molecule has 5 heteroatoms. The van der Waals surface area contributed by atoms with Crippen molar-refractivity contribution in [2.45, 2.75) is 37.1 Å². The number of ether oxygens (including phenoxy) is 1. The van der Waals surface area contributed by atoms with Crippen LogP contribution in [0.25, 0.3) is 0 Å². The maximum atomic E-state index is 12.7. The largest absolute Gasteiger partial charge is 0.497 e. The summed E-state index contributed by atoms with van der Waals surface area (Å²) < 4.78 is 5.36. The van der Waals surface area contributed by atoms with E-state index in [1.165, 1.54) is 0 Å². The standard InChI is InChI=1S/C25H29N3O2/c1-30-23-9-5-8-21(18-23)25(19-26)12-10-22(11-13-25)27-14-16-28(17-15-27)24(29)20-6-3-2-4-7-20/h2-9,18,22H,10-17H2,1H3. The molecule has 0 N–H and O–H groups in total. The summed E-state index contributed by atoms with van der Waals surface area (Å²) in [4.78, 5) is 17.2. The number of nitrogens with zero attached hydrogens (tertiary/aromatic N) is 3. The molecule has 0 bridgehead atoms. The van der Waals surface area contributed by atoms with Crippen LogP contribution in [-0.4, -0.2) is 55.0 Å². The lowest BCUT2D eigenvalue weighted by Gasteiger charge is -2.44. The van der Waals surface area contributed by atoms with Crippen molar-refractivity contribution in [3.63, 3.8) is 0 Å². The van der Waals surface area contributed by atoms with Gasteiger partial charge in [-0.1, -0.05) is 30.3 Å². The summed E-state index contributed by atoms with van der Waals surface area (Å²) in [6, 6.07) is 20.6. The molecular formula is C25H29N3O2. The Morgan fingerprint density at radius 3 is 2.37 bits per heavy atom. The van der Waals surface area contributed by atoms with E-state index in [0.29, 0.717) is 6.04 Å². The van der Waals surface area contributed by atoms with Gasteiger partial charge >= 0.3 is 0 Å². The van der Waals surface area contributed by atoms with Crippen molar-refractivity contribution in [1.82, 2.24) is 9.80 Å². The molecular weight excluding hydrogens is 374 g/mol. The molecule has 4 rings (SSSR count). The lowest BCUT2D eigenvalue weighted by Crippen LogP contribution is -2.53. The Labute approximate surface area is 178 Å². The Kier molecular flexibility index (Phi) is 6.06. The van der Waals surface area contributed by atoms with E-state index in [9.17, 15) is 10.1 Å². The van der Waals surface area contributed by atoms with Crippen LogP contribution in [0.4, 0.5) is 0 Å². The number of rotatable bonds is 4. The van der Waals surface area contributed by atoms with Crippen LogP contribution in [0.15, 0.2) is 54.6 Å². The Balaban J connectivity index is 1.35. The zero-order valence-electron chi connectivity index (χ0n) is 17.6. The molecule has 2 aliphatic rings. The Hall–Kier alpha value is -2.84. The first kappa shape index (κ1) is 20.4. The van der Waals surface area contributed by atoms with Crippen LogP contribution >= 0.6 is 0 Å². The van der Waals surface area contributed by atoms with E-state index >= 15 is 0 Å². The molecule has 30 heavy (non-hydrogen) atoms. The fourth-order valence-corrected chi connectivity index (χ4v) is 4.90. The van der Waals surface area contributed by atoms with Gasteiger partial charge in [0.05, 0.1) is 18.6 Å². The Morgan fingerprint density at radius 1 is 1.03 bits per heavy atom. The second-order valence-electron chi connectivity index (χ2n) is 8.35. The van der Waals surface area contributed by atoms with E-state index in [0.717, 1.165) is 68.7 Å². The van der Waals surface area contributed by atoms with Gasteiger partial charge in [-0.3, -0.25) is 9.69 Å². The van der Waals surface area contributed by atoms with Crippen LogP contribution in [0.1, 0.15) is 41.6 Å². The average molecular weight is 404 g/mol. The summed E-state index contributed by atoms with van der Waals surface area (Å²) in [5, 5.41) is 10.0. The van der Waals surface area contributed by atoms with Gasteiger partial charge in [-0.2, -0.15) is 5.26 Å². The molecule has 0 unspecified atom stereocenters. The molecule has 1 heterocycles. The topological polar surface area (TPSA) is 56.6 Å².